The fourth-order valence-corrected chi connectivity index (χ4v) is 4.58. The Morgan fingerprint density at radius 2 is 1.89 bits per heavy atom. The SMILES string of the molecule is COc1cc(O)ccc1C1c2cc3c(cc2OC2(O)CCCC(=O)C12)OCO3. The average Bonchev–Trinajstić information content (AvgIpc) is 3.12. The van der Waals surface area contributed by atoms with Crippen molar-refractivity contribution in [2.45, 2.75) is 31.0 Å². The summed E-state index contributed by atoms with van der Waals surface area (Å²) in [6.07, 6.45) is 1.30. The van der Waals surface area contributed by atoms with Crippen molar-refractivity contribution in [3.63, 3.8) is 0 Å². The number of Topliss-reactive ketones (excluding diaryl/α,β-unsaturated/α-hetero) is 1. The molecule has 0 bridgehead atoms. The number of hydrogen-bond donors (Lipinski definition) is 2. The van der Waals surface area contributed by atoms with E-state index in [4.69, 9.17) is 18.9 Å². The number of hydrogen-bond acceptors (Lipinski definition) is 7. The first kappa shape index (κ1) is 17.2. The van der Waals surface area contributed by atoms with E-state index in [9.17, 15) is 15.0 Å². The van der Waals surface area contributed by atoms with Crippen molar-refractivity contribution < 1.29 is 34.0 Å². The molecule has 1 saturated carbocycles. The summed E-state index contributed by atoms with van der Waals surface area (Å²) in [5, 5.41) is 21.2. The van der Waals surface area contributed by atoms with Gasteiger partial charge < -0.3 is 29.2 Å². The maximum Gasteiger partial charge on any atom is 0.231 e. The molecule has 0 radical (unpaired) electrons. The molecule has 1 aliphatic carbocycles. The molecule has 7 nitrogen and oxygen atoms in total. The summed E-state index contributed by atoms with van der Waals surface area (Å²) >= 11 is 0. The lowest BCUT2D eigenvalue weighted by atomic mass is 9.67. The van der Waals surface area contributed by atoms with Gasteiger partial charge >= 0.3 is 0 Å². The summed E-state index contributed by atoms with van der Waals surface area (Å²) in [5.41, 5.74) is 1.42. The quantitative estimate of drug-likeness (QED) is 0.822. The second-order valence-corrected chi connectivity index (χ2v) is 7.39. The Morgan fingerprint density at radius 1 is 1.11 bits per heavy atom. The molecule has 2 aliphatic heterocycles. The molecular formula is C21H20O7. The van der Waals surface area contributed by atoms with Gasteiger partial charge in [0.05, 0.1) is 13.0 Å². The highest BCUT2D eigenvalue weighted by atomic mass is 16.7. The highest BCUT2D eigenvalue weighted by Gasteiger charge is 2.55. The molecule has 2 aromatic rings. The molecule has 7 heteroatoms. The van der Waals surface area contributed by atoms with Gasteiger partial charge in [-0.15, -0.1) is 0 Å². The third-order valence-electron chi connectivity index (χ3n) is 5.80. The van der Waals surface area contributed by atoms with E-state index in [1.54, 1.807) is 24.3 Å². The van der Waals surface area contributed by atoms with Crippen molar-refractivity contribution in [3.8, 4) is 28.7 Å². The topological polar surface area (TPSA) is 94.5 Å². The largest absolute Gasteiger partial charge is 0.508 e. The Kier molecular flexibility index (Phi) is 3.71. The number of rotatable bonds is 2. The minimum absolute atomic E-state index is 0.0582. The minimum Gasteiger partial charge on any atom is -0.508 e. The fraction of sp³-hybridized carbons (Fsp3) is 0.381. The summed E-state index contributed by atoms with van der Waals surface area (Å²) < 4.78 is 22.4. The first-order valence-electron chi connectivity index (χ1n) is 9.25. The second-order valence-electron chi connectivity index (χ2n) is 7.39. The molecule has 2 N–H and O–H groups in total. The van der Waals surface area contributed by atoms with Crippen LogP contribution in [-0.2, 0) is 4.79 Å². The van der Waals surface area contributed by atoms with Gasteiger partial charge in [0.15, 0.2) is 11.5 Å². The van der Waals surface area contributed by atoms with Crippen LogP contribution >= 0.6 is 0 Å². The van der Waals surface area contributed by atoms with E-state index in [1.165, 1.54) is 13.2 Å². The van der Waals surface area contributed by atoms with E-state index < -0.39 is 17.6 Å². The Morgan fingerprint density at radius 3 is 2.68 bits per heavy atom. The molecule has 3 aliphatic rings. The van der Waals surface area contributed by atoms with Crippen molar-refractivity contribution in [3.05, 3.63) is 41.5 Å². The van der Waals surface area contributed by atoms with E-state index in [1.807, 2.05) is 0 Å². The molecule has 146 valence electrons. The van der Waals surface area contributed by atoms with Crippen LogP contribution in [0.15, 0.2) is 30.3 Å². The smallest absolute Gasteiger partial charge is 0.231 e. The molecule has 1 fully saturated rings. The first-order chi connectivity index (χ1) is 13.5. The molecule has 3 atom stereocenters. The van der Waals surface area contributed by atoms with Crippen LogP contribution in [-0.4, -0.2) is 35.7 Å². The number of benzene rings is 2. The minimum atomic E-state index is -1.61. The van der Waals surface area contributed by atoms with E-state index in [2.05, 4.69) is 0 Å². The number of fused-ring (bicyclic) bond motifs is 3. The van der Waals surface area contributed by atoms with Crippen LogP contribution in [0.3, 0.4) is 0 Å². The number of ether oxygens (including phenoxy) is 4. The number of methoxy groups -OCH3 is 1. The van der Waals surface area contributed by atoms with Gasteiger partial charge in [-0.1, -0.05) is 6.07 Å². The number of carbonyl (C=O) groups is 1. The van der Waals surface area contributed by atoms with Crippen molar-refractivity contribution in [1.82, 2.24) is 0 Å². The standard InChI is InChI=1S/C21H20O7/c1-25-15-7-11(22)4-5-12(15)19-13-8-17-18(27-10-26-17)9-16(13)28-21(24)6-2-3-14(23)20(19)21/h4-5,7-9,19-20,22,24H,2-3,6,10H2,1H3. The Balaban J connectivity index is 1.76. The molecule has 0 aromatic heterocycles. The Hall–Kier alpha value is -2.93. The lowest BCUT2D eigenvalue weighted by molar-refractivity contribution is -0.206. The van der Waals surface area contributed by atoms with Crippen molar-refractivity contribution in [2.24, 2.45) is 5.92 Å². The van der Waals surface area contributed by atoms with Gasteiger partial charge in [-0.2, -0.15) is 0 Å². The molecule has 2 aromatic carbocycles. The second kappa shape index (κ2) is 6.04. The van der Waals surface area contributed by atoms with Crippen LogP contribution in [0.1, 0.15) is 36.3 Å². The van der Waals surface area contributed by atoms with E-state index in [0.29, 0.717) is 47.8 Å². The maximum atomic E-state index is 12.9. The zero-order chi connectivity index (χ0) is 19.5. The third-order valence-corrected chi connectivity index (χ3v) is 5.80. The Labute approximate surface area is 161 Å². The van der Waals surface area contributed by atoms with Gasteiger partial charge in [0.25, 0.3) is 0 Å². The van der Waals surface area contributed by atoms with Gasteiger partial charge in [0.1, 0.15) is 23.0 Å². The molecule has 5 rings (SSSR count). The zero-order valence-electron chi connectivity index (χ0n) is 15.3. The van der Waals surface area contributed by atoms with Crippen LogP contribution in [0.25, 0.3) is 0 Å². The molecule has 0 saturated heterocycles. The van der Waals surface area contributed by atoms with Gasteiger partial charge in [0.2, 0.25) is 12.6 Å². The molecule has 2 heterocycles. The van der Waals surface area contributed by atoms with Crippen molar-refractivity contribution >= 4 is 5.78 Å². The summed E-state index contributed by atoms with van der Waals surface area (Å²) in [6.45, 7) is 0.109. The Bertz CT molecular complexity index is 969. The predicted molar refractivity (Wildman–Crippen MR) is 97.0 cm³/mol. The van der Waals surface area contributed by atoms with Gasteiger partial charge in [-0.05, 0) is 18.6 Å². The summed E-state index contributed by atoms with van der Waals surface area (Å²) in [7, 11) is 1.51. The molecular weight excluding hydrogens is 364 g/mol. The van der Waals surface area contributed by atoms with Crippen LogP contribution in [0.4, 0.5) is 0 Å². The molecule has 3 unspecified atom stereocenters. The number of ketones is 1. The molecule has 0 amide bonds. The van der Waals surface area contributed by atoms with Gasteiger partial charge in [-0.25, -0.2) is 0 Å². The number of aromatic hydroxyl groups is 1. The average molecular weight is 384 g/mol. The normalized spacial score (nSPS) is 27.6. The van der Waals surface area contributed by atoms with Crippen molar-refractivity contribution in [1.29, 1.82) is 0 Å². The van der Waals surface area contributed by atoms with Crippen LogP contribution in [0.2, 0.25) is 0 Å². The van der Waals surface area contributed by atoms with Crippen molar-refractivity contribution in [2.75, 3.05) is 13.9 Å². The van der Waals surface area contributed by atoms with Crippen LogP contribution in [0.5, 0.6) is 28.7 Å². The monoisotopic (exact) mass is 384 g/mol. The molecule has 0 spiro atoms. The number of aliphatic hydroxyl groups is 1. The fourth-order valence-electron chi connectivity index (χ4n) is 4.58. The first-order valence-corrected chi connectivity index (χ1v) is 9.25. The van der Waals surface area contributed by atoms with E-state index >= 15 is 0 Å². The summed E-state index contributed by atoms with van der Waals surface area (Å²) in [4.78, 5) is 12.9. The van der Waals surface area contributed by atoms with Crippen LogP contribution < -0.4 is 18.9 Å². The predicted octanol–water partition coefficient (Wildman–Crippen LogP) is 2.71. The number of phenolic OH excluding ortho intramolecular Hbond substituents is 1. The zero-order valence-corrected chi connectivity index (χ0v) is 15.3. The van der Waals surface area contributed by atoms with Crippen LogP contribution in [0, 0.1) is 5.92 Å². The van der Waals surface area contributed by atoms with E-state index in [0.717, 1.165) is 5.56 Å². The third kappa shape index (κ3) is 2.43. The van der Waals surface area contributed by atoms with Gasteiger partial charge in [0, 0.05) is 42.0 Å². The summed E-state index contributed by atoms with van der Waals surface area (Å²) in [6, 6.07) is 8.28. The summed E-state index contributed by atoms with van der Waals surface area (Å²) in [5.74, 6) is -0.892. The number of carbonyl (C=O) groups excluding carboxylic acids is 1. The highest BCUT2D eigenvalue weighted by Crippen LogP contribution is 2.55. The lowest BCUT2D eigenvalue weighted by Gasteiger charge is -2.47. The van der Waals surface area contributed by atoms with E-state index in [-0.39, 0.29) is 18.3 Å². The number of phenols is 1. The highest BCUT2D eigenvalue weighted by molar-refractivity contribution is 5.85. The van der Waals surface area contributed by atoms with Gasteiger partial charge in [-0.3, -0.25) is 4.79 Å². The maximum absolute atomic E-state index is 12.9. The molecule has 28 heavy (non-hydrogen) atoms. The lowest BCUT2D eigenvalue weighted by Crippen LogP contribution is -2.55.